The molecule has 1 fully saturated rings. The highest BCUT2D eigenvalue weighted by Gasteiger charge is 2.20. The Balaban J connectivity index is 1.15. The van der Waals surface area contributed by atoms with Crippen LogP contribution in [0.2, 0.25) is 5.02 Å². The van der Waals surface area contributed by atoms with Crippen LogP contribution in [0.4, 0.5) is 17.1 Å². The van der Waals surface area contributed by atoms with E-state index in [2.05, 4.69) is 26.2 Å². The van der Waals surface area contributed by atoms with Crippen LogP contribution >= 0.6 is 22.9 Å². The van der Waals surface area contributed by atoms with Crippen LogP contribution in [0.5, 0.6) is 0 Å². The van der Waals surface area contributed by atoms with E-state index in [4.69, 9.17) is 11.6 Å². The predicted octanol–water partition coefficient (Wildman–Crippen LogP) is 4.78. The topological polar surface area (TPSA) is 134 Å². The third-order valence-electron chi connectivity index (χ3n) is 7.70. The summed E-state index contributed by atoms with van der Waals surface area (Å²) in [6.07, 6.45) is 9.61. The molecule has 14 heteroatoms. The molecule has 0 atom stereocenters. The lowest BCUT2D eigenvalue weighted by Gasteiger charge is -2.26. The summed E-state index contributed by atoms with van der Waals surface area (Å²) >= 11 is 7.28. The molecule has 0 aromatic carbocycles. The van der Waals surface area contributed by atoms with Crippen molar-refractivity contribution in [1.29, 1.82) is 0 Å². The van der Waals surface area contributed by atoms with Gasteiger partial charge in [-0.25, -0.2) is 0 Å². The van der Waals surface area contributed by atoms with Crippen molar-refractivity contribution in [1.82, 2.24) is 23.9 Å². The van der Waals surface area contributed by atoms with Crippen LogP contribution in [-0.2, 0) is 21.1 Å². The van der Waals surface area contributed by atoms with E-state index in [0.29, 0.717) is 50.6 Å². The Morgan fingerprint density at radius 3 is 1.71 bits per heavy atom. The van der Waals surface area contributed by atoms with E-state index in [1.54, 1.807) is 83.1 Å². The van der Waals surface area contributed by atoms with E-state index >= 15 is 0 Å². The number of aromatic nitrogens is 3. The molecule has 0 bridgehead atoms. The highest BCUT2D eigenvalue weighted by molar-refractivity contribution is 7.12. The van der Waals surface area contributed by atoms with Crippen LogP contribution in [-0.4, -0.2) is 68.4 Å². The predicted molar refractivity (Wildman–Crippen MR) is 177 cm³/mol. The first-order valence-corrected chi connectivity index (χ1v) is 16.0. The Hall–Kier alpha value is -4.33. The van der Waals surface area contributed by atoms with Gasteiger partial charge in [-0.2, -0.15) is 0 Å². The summed E-state index contributed by atoms with van der Waals surface area (Å²) in [5.74, 6) is -1.37. The summed E-state index contributed by atoms with van der Waals surface area (Å²) in [5.41, 5.74) is 2.40. The van der Waals surface area contributed by atoms with Gasteiger partial charge in [0.1, 0.15) is 22.0 Å². The molecule has 1 aliphatic heterocycles. The highest BCUT2D eigenvalue weighted by Crippen LogP contribution is 2.24. The van der Waals surface area contributed by atoms with E-state index in [1.807, 2.05) is 0 Å². The summed E-state index contributed by atoms with van der Waals surface area (Å²) in [5, 5.41) is 13.5. The molecule has 45 heavy (non-hydrogen) atoms. The number of hydrogen-bond acceptors (Lipinski definition) is 6. The van der Waals surface area contributed by atoms with Gasteiger partial charge in [-0.05, 0) is 68.5 Å². The maximum absolute atomic E-state index is 13.1. The standard InChI is InChI=1S/C31H37ClN8O4S/c1-37-17-20(14-24(37)28(41)33-9-7-12-40-10-5-4-6-11-40)34-29(42)25-15-21(18-38(25)2)35-30(43)26-16-22(19-39(26)3)36-31(44)27-23(32)8-13-45-27/h8,13-19H,4-7,9-12H2,1-3H3,(H,33,41)(H,34,42)(H,35,43)(H,36,44). The number of rotatable bonds is 11. The maximum Gasteiger partial charge on any atom is 0.272 e. The highest BCUT2D eigenvalue weighted by atomic mass is 35.5. The fourth-order valence-electron chi connectivity index (χ4n) is 5.39. The van der Waals surface area contributed by atoms with Crippen LogP contribution in [0, 0.1) is 0 Å². The quantitative estimate of drug-likeness (QED) is 0.173. The Morgan fingerprint density at radius 2 is 1.22 bits per heavy atom. The average molecular weight is 653 g/mol. The zero-order valence-electron chi connectivity index (χ0n) is 25.5. The number of piperidine rings is 1. The van der Waals surface area contributed by atoms with Crippen molar-refractivity contribution < 1.29 is 19.2 Å². The average Bonchev–Trinajstić information content (AvgIpc) is 3.78. The number of likely N-dealkylation sites (tertiary alicyclic amines) is 1. The van der Waals surface area contributed by atoms with Gasteiger partial charge in [0.05, 0.1) is 22.1 Å². The Bertz CT molecular complexity index is 1710. The minimum atomic E-state index is -0.417. The zero-order valence-corrected chi connectivity index (χ0v) is 27.1. The first-order chi connectivity index (χ1) is 21.6. The smallest absolute Gasteiger partial charge is 0.272 e. The van der Waals surface area contributed by atoms with Crippen molar-refractivity contribution in [3.05, 3.63) is 75.2 Å². The van der Waals surface area contributed by atoms with Crippen LogP contribution in [0.15, 0.2) is 48.2 Å². The maximum atomic E-state index is 13.1. The number of hydrogen-bond donors (Lipinski definition) is 4. The largest absolute Gasteiger partial charge is 0.351 e. The molecule has 0 saturated carbocycles. The second kappa shape index (κ2) is 14.2. The van der Waals surface area contributed by atoms with Crippen LogP contribution < -0.4 is 21.3 Å². The fourth-order valence-corrected chi connectivity index (χ4v) is 6.42. The lowest BCUT2D eigenvalue weighted by atomic mass is 10.1. The number of carbonyl (C=O) groups is 4. The van der Waals surface area contributed by atoms with Crippen molar-refractivity contribution in [3.63, 3.8) is 0 Å². The van der Waals surface area contributed by atoms with Crippen molar-refractivity contribution >= 4 is 63.6 Å². The first kappa shape index (κ1) is 32.1. The molecule has 5 heterocycles. The molecule has 4 aromatic heterocycles. The Kier molecular flexibility index (Phi) is 10.1. The lowest BCUT2D eigenvalue weighted by Crippen LogP contribution is -2.33. The number of halogens is 1. The fraction of sp³-hybridized carbons (Fsp3) is 0.355. The molecule has 238 valence electrons. The van der Waals surface area contributed by atoms with Gasteiger partial charge in [-0.1, -0.05) is 18.0 Å². The number of thiophene rings is 1. The second-order valence-corrected chi connectivity index (χ2v) is 12.5. The van der Waals surface area contributed by atoms with Gasteiger partial charge in [0.2, 0.25) is 0 Å². The summed E-state index contributed by atoms with van der Waals surface area (Å²) in [7, 11) is 5.15. The molecule has 12 nitrogen and oxygen atoms in total. The van der Waals surface area contributed by atoms with Crippen molar-refractivity contribution in [2.24, 2.45) is 21.1 Å². The Morgan fingerprint density at radius 1 is 0.733 bits per heavy atom. The molecule has 4 N–H and O–H groups in total. The summed E-state index contributed by atoms with van der Waals surface area (Å²) in [4.78, 5) is 54.3. The molecular formula is C31H37ClN8O4S. The van der Waals surface area contributed by atoms with E-state index < -0.39 is 11.8 Å². The normalized spacial score (nSPS) is 13.4. The van der Waals surface area contributed by atoms with Crippen molar-refractivity contribution in [2.75, 3.05) is 42.1 Å². The number of nitrogens with one attached hydrogen (secondary N) is 4. The van der Waals surface area contributed by atoms with Crippen molar-refractivity contribution in [2.45, 2.75) is 25.7 Å². The summed E-state index contributed by atoms with van der Waals surface area (Å²) < 4.78 is 4.87. The van der Waals surface area contributed by atoms with Gasteiger partial charge in [-0.3, -0.25) is 19.2 Å². The molecule has 0 aliphatic carbocycles. The number of amides is 4. The molecule has 5 rings (SSSR count). The number of anilines is 3. The lowest BCUT2D eigenvalue weighted by molar-refractivity contribution is 0.0940. The molecule has 4 aromatic rings. The van der Waals surface area contributed by atoms with Gasteiger partial charge >= 0.3 is 0 Å². The monoisotopic (exact) mass is 652 g/mol. The minimum absolute atomic E-state index is 0.195. The van der Waals surface area contributed by atoms with Crippen LogP contribution in [0.25, 0.3) is 0 Å². The van der Waals surface area contributed by atoms with Gasteiger partial charge in [0, 0.05) is 46.3 Å². The third kappa shape index (κ3) is 7.85. The van der Waals surface area contributed by atoms with Crippen LogP contribution in [0.3, 0.4) is 0 Å². The number of carbonyl (C=O) groups excluding carboxylic acids is 4. The molecule has 0 spiro atoms. The van der Waals surface area contributed by atoms with Gasteiger partial charge in [0.15, 0.2) is 0 Å². The number of nitrogens with zero attached hydrogens (tertiary/aromatic N) is 4. The molecule has 1 aliphatic rings. The third-order valence-corrected chi connectivity index (χ3v) is 9.04. The minimum Gasteiger partial charge on any atom is -0.351 e. The molecule has 0 unspecified atom stereocenters. The van der Waals surface area contributed by atoms with E-state index in [-0.39, 0.29) is 11.8 Å². The van der Waals surface area contributed by atoms with Gasteiger partial charge < -0.3 is 39.9 Å². The SMILES string of the molecule is Cn1cc(NC(=O)c2cc(NC(=O)c3cc(NC(=O)c4sccc4Cl)cn3C)cn2C)cc1C(=O)NCCCN1CCCCC1. The van der Waals surface area contributed by atoms with E-state index in [9.17, 15) is 19.2 Å². The molecular weight excluding hydrogens is 616 g/mol. The summed E-state index contributed by atoms with van der Waals surface area (Å²) in [6, 6.07) is 6.41. The van der Waals surface area contributed by atoms with Gasteiger partial charge in [0.25, 0.3) is 23.6 Å². The van der Waals surface area contributed by atoms with Gasteiger partial charge in [-0.15, -0.1) is 11.3 Å². The molecule has 0 radical (unpaired) electrons. The molecule has 4 amide bonds. The van der Waals surface area contributed by atoms with E-state index in [0.717, 1.165) is 26.1 Å². The van der Waals surface area contributed by atoms with E-state index in [1.165, 1.54) is 30.6 Å². The number of aryl methyl sites for hydroxylation is 3. The Labute approximate surface area is 270 Å². The van der Waals surface area contributed by atoms with Crippen LogP contribution in [0.1, 0.15) is 66.8 Å². The molecule has 1 saturated heterocycles. The zero-order chi connectivity index (χ0) is 32.1. The summed E-state index contributed by atoms with van der Waals surface area (Å²) in [6.45, 7) is 3.82. The first-order valence-electron chi connectivity index (χ1n) is 14.8. The second-order valence-electron chi connectivity index (χ2n) is 11.1. The van der Waals surface area contributed by atoms with Crippen molar-refractivity contribution in [3.8, 4) is 0 Å².